The first-order chi connectivity index (χ1) is 11.4. The van der Waals surface area contributed by atoms with Crippen molar-refractivity contribution in [2.75, 3.05) is 18.2 Å². The third kappa shape index (κ3) is 4.93. The van der Waals surface area contributed by atoms with Gasteiger partial charge in [0.1, 0.15) is 17.1 Å². The number of benzene rings is 1. The van der Waals surface area contributed by atoms with Gasteiger partial charge in [-0.2, -0.15) is 0 Å². The summed E-state index contributed by atoms with van der Waals surface area (Å²) in [5, 5.41) is 3.61. The van der Waals surface area contributed by atoms with Crippen LogP contribution >= 0.6 is 35.0 Å². The van der Waals surface area contributed by atoms with Crippen molar-refractivity contribution in [3.05, 3.63) is 51.4 Å². The minimum absolute atomic E-state index is 0.205. The number of anilines is 1. The van der Waals surface area contributed by atoms with Gasteiger partial charge in [0.25, 0.3) is 0 Å². The van der Waals surface area contributed by atoms with Crippen LogP contribution < -0.4 is 5.32 Å². The number of esters is 1. The number of furan rings is 1. The molecule has 5 nitrogen and oxygen atoms in total. The Morgan fingerprint density at radius 3 is 2.75 bits per heavy atom. The molecule has 2 rings (SSSR count). The van der Waals surface area contributed by atoms with E-state index in [0.717, 1.165) is 0 Å². The highest BCUT2D eigenvalue weighted by Gasteiger charge is 2.15. The van der Waals surface area contributed by atoms with Gasteiger partial charge in [-0.1, -0.05) is 23.2 Å². The van der Waals surface area contributed by atoms with E-state index >= 15 is 0 Å². The highest BCUT2D eigenvalue weighted by molar-refractivity contribution is 7.99. The normalized spacial score (nSPS) is 10.5. The molecule has 0 bridgehead atoms. The minimum atomic E-state index is -0.444. The zero-order valence-corrected chi connectivity index (χ0v) is 15.3. The molecule has 1 aromatic heterocycles. The van der Waals surface area contributed by atoms with Crippen LogP contribution in [0.25, 0.3) is 0 Å². The van der Waals surface area contributed by atoms with Crippen molar-refractivity contribution in [2.24, 2.45) is 0 Å². The molecule has 24 heavy (non-hydrogen) atoms. The Morgan fingerprint density at radius 2 is 2.04 bits per heavy atom. The Labute approximate surface area is 153 Å². The van der Waals surface area contributed by atoms with Crippen LogP contribution in [0.4, 0.5) is 5.69 Å². The average molecular weight is 388 g/mol. The fourth-order valence-electron chi connectivity index (χ4n) is 1.95. The van der Waals surface area contributed by atoms with Gasteiger partial charge >= 0.3 is 5.97 Å². The molecule has 1 aromatic carbocycles. The van der Waals surface area contributed by atoms with Crippen molar-refractivity contribution >= 4 is 52.5 Å². The molecule has 0 aliphatic rings. The standard InChI is InChI=1S/C16H15Cl2NO4S/c1-9-12(16(21)22-2)6-11(23-9)7-24-8-15(20)19-14-5-10(17)3-4-13(14)18/h3-6H,7-8H2,1-2H3,(H,19,20). The summed E-state index contributed by atoms with van der Waals surface area (Å²) < 4.78 is 10.1. The monoisotopic (exact) mass is 387 g/mol. The van der Waals surface area contributed by atoms with Crippen molar-refractivity contribution < 1.29 is 18.7 Å². The minimum Gasteiger partial charge on any atom is -0.465 e. The Bertz CT molecular complexity index is 761. The number of methoxy groups -OCH3 is 1. The van der Waals surface area contributed by atoms with Gasteiger partial charge in [0.2, 0.25) is 5.91 Å². The van der Waals surface area contributed by atoms with E-state index in [-0.39, 0.29) is 11.7 Å². The summed E-state index contributed by atoms with van der Waals surface area (Å²) >= 11 is 13.2. The Hall–Kier alpha value is -1.63. The summed E-state index contributed by atoms with van der Waals surface area (Å²) in [6.45, 7) is 1.69. The Morgan fingerprint density at radius 1 is 1.29 bits per heavy atom. The molecule has 0 saturated carbocycles. The third-order valence-electron chi connectivity index (χ3n) is 3.05. The number of thioether (sulfide) groups is 1. The van der Waals surface area contributed by atoms with E-state index in [9.17, 15) is 9.59 Å². The first-order valence-electron chi connectivity index (χ1n) is 6.91. The lowest BCUT2D eigenvalue weighted by atomic mass is 10.2. The summed E-state index contributed by atoms with van der Waals surface area (Å²) in [6, 6.07) is 6.48. The molecule has 0 spiro atoms. The van der Waals surface area contributed by atoms with Crippen LogP contribution in [0.1, 0.15) is 21.9 Å². The molecule has 0 aliphatic carbocycles. The molecule has 0 saturated heterocycles. The van der Waals surface area contributed by atoms with Gasteiger partial charge in [-0.15, -0.1) is 11.8 Å². The SMILES string of the molecule is COC(=O)c1cc(CSCC(=O)Nc2cc(Cl)ccc2Cl)oc1C. The molecule has 2 aromatic rings. The van der Waals surface area contributed by atoms with Crippen molar-refractivity contribution in [1.29, 1.82) is 0 Å². The summed E-state index contributed by atoms with van der Waals surface area (Å²) in [7, 11) is 1.31. The molecular weight excluding hydrogens is 373 g/mol. The van der Waals surface area contributed by atoms with E-state index in [1.807, 2.05) is 0 Å². The summed E-state index contributed by atoms with van der Waals surface area (Å²) in [5.41, 5.74) is 0.861. The predicted molar refractivity (Wildman–Crippen MR) is 96.0 cm³/mol. The second-order valence-electron chi connectivity index (χ2n) is 4.84. The fourth-order valence-corrected chi connectivity index (χ4v) is 2.99. The maximum absolute atomic E-state index is 12.0. The van der Waals surface area contributed by atoms with Crippen LogP contribution in [0.3, 0.4) is 0 Å². The number of nitrogens with one attached hydrogen (secondary N) is 1. The molecule has 0 aliphatic heterocycles. The Kier molecular flexibility index (Phi) is 6.60. The van der Waals surface area contributed by atoms with Crippen molar-refractivity contribution in [1.82, 2.24) is 0 Å². The first kappa shape index (κ1) is 18.7. The van der Waals surface area contributed by atoms with Gasteiger partial charge in [-0.25, -0.2) is 4.79 Å². The molecule has 1 amide bonds. The number of hydrogen-bond donors (Lipinski definition) is 1. The molecule has 0 unspecified atom stereocenters. The zero-order chi connectivity index (χ0) is 17.7. The maximum atomic E-state index is 12.0. The molecule has 0 fully saturated rings. The van der Waals surface area contributed by atoms with E-state index in [1.54, 1.807) is 31.2 Å². The summed E-state index contributed by atoms with van der Waals surface area (Å²) in [4.78, 5) is 23.5. The van der Waals surface area contributed by atoms with Gasteiger partial charge in [0.15, 0.2) is 0 Å². The number of hydrogen-bond acceptors (Lipinski definition) is 5. The topological polar surface area (TPSA) is 68.5 Å². The molecule has 1 N–H and O–H groups in total. The first-order valence-corrected chi connectivity index (χ1v) is 8.82. The molecular formula is C16H15Cl2NO4S. The molecule has 1 heterocycles. The summed E-state index contributed by atoms with van der Waals surface area (Å²) in [6.07, 6.45) is 0. The van der Waals surface area contributed by atoms with E-state index in [0.29, 0.717) is 38.6 Å². The number of rotatable bonds is 6. The fraction of sp³-hybridized carbons (Fsp3) is 0.250. The van der Waals surface area contributed by atoms with E-state index in [1.165, 1.54) is 18.9 Å². The number of halogens is 2. The maximum Gasteiger partial charge on any atom is 0.341 e. The highest BCUT2D eigenvalue weighted by Crippen LogP contribution is 2.26. The van der Waals surface area contributed by atoms with E-state index in [2.05, 4.69) is 10.1 Å². The lowest BCUT2D eigenvalue weighted by molar-refractivity contribution is -0.113. The lowest BCUT2D eigenvalue weighted by Gasteiger charge is -2.07. The summed E-state index contributed by atoms with van der Waals surface area (Å²) in [5.74, 6) is 1.10. The van der Waals surface area contributed by atoms with Crippen LogP contribution in [-0.4, -0.2) is 24.7 Å². The number of amides is 1. The highest BCUT2D eigenvalue weighted by atomic mass is 35.5. The van der Waals surface area contributed by atoms with Crippen LogP contribution in [-0.2, 0) is 15.3 Å². The van der Waals surface area contributed by atoms with Gasteiger partial charge in [0, 0.05) is 5.02 Å². The van der Waals surface area contributed by atoms with Gasteiger partial charge < -0.3 is 14.5 Å². The predicted octanol–water partition coefficient (Wildman–Crippen LogP) is 4.55. The molecule has 0 atom stereocenters. The second kappa shape index (κ2) is 8.46. The van der Waals surface area contributed by atoms with Crippen LogP contribution in [0.2, 0.25) is 10.0 Å². The second-order valence-corrected chi connectivity index (χ2v) is 6.67. The van der Waals surface area contributed by atoms with Gasteiger partial charge in [0.05, 0.1) is 29.3 Å². The number of aryl methyl sites for hydroxylation is 1. The zero-order valence-electron chi connectivity index (χ0n) is 13.0. The number of carbonyl (C=O) groups excluding carboxylic acids is 2. The van der Waals surface area contributed by atoms with Crippen molar-refractivity contribution in [3.8, 4) is 0 Å². The van der Waals surface area contributed by atoms with Gasteiger partial charge in [-0.05, 0) is 31.2 Å². The van der Waals surface area contributed by atoms with Crippen LogP contribution in [0.5, 0.6) is 0 Å². The number of carbonyl (C=O) groups is 2. The molecule has 8 heteroatoms. The largest absolute Gasteiger partial charge is 0.465 e. The smallest absolute Gasteiger partial charge is 0.341 e. The van der Waals surface area contributed by atoms with Crippen molar-refractivity contribution in [2.45, 2.75) is 12.7 Å². The van der Waals surface area contributed by atoms with Crippen LogP contribution in [0, 0.1) is 6.92 Å². The van der Waals surface area contributed by atoms with E-state index < -0.39 is 5.97 Å². The van der Waals surface area contributed by atoms with Crippen LogP contribution in [0.15, 0.2) is 28.7 Å². The number of ether oxygens (including phenoxy) is 1. The van der Waals surface area contributed by atoms with Gasteiger partial charge in [-0.3, -0.25) is 4.79 Å². The quantitative estimate of drug-likeness (QED) is 0.736. The lowest BCUT2D eigenvalue weighted by Crippen LogP contribution is -2.14. The Balaban J connectivity index is 1.87. The average Bonchev–Trinajstić information content (AvgIpc) is 2.91. The molecule has 0 radical (unpaired) electrons. The van der Waals surface area contributed by atoms with Crippen molar-refractivity contribution in [3.63, 3.8) is 0 Å². The molecule has 128 valence electrons. The van der Waals surface area contributed by atoms with E-state index in [4.69, 9.17) is 27.6 Å². The third-order valence-corrected chi connectivity index (χ3v) is 4.57.